The molecule has 1 aliphatic carbocycles. The van der Waals surface area contributed by atoms with Crippen molar-refractivity contribution in [3.05, 3.63) is 35.9 Å². The normalized spacial score (nSPS) is 24.3. The van der Waals surface area contributed by atoms with Gasteiger partial charge in [-0.05, 0) is 18.4 Å². The number of carbonyl (C=O) groups excluding carboxylic acids is 1. The van der Waals surface area contributed by atoms with Gasteiger partial charge >= 0.3 is 0 Å². The molecule has 0 unspecified atom stereocenters. The van der Waals surface area contributed by atoms with Crippen molar-refractivity contribution in [3.63, 3.8) is 0 Å². The summed E-state index contributed by atoms with van der Waals surface area (Å²) in [6, 6.07) is 9.82. The van der Waals surface area contributed by atoms with Crippen LogP contribution in [0.3, 0.4) is 0 Å². The van der Waals surface area contributed by atoms with Crippen molar-refractivity contribution in [2.75, 3.05) is 0 Å². The van der Waals surface area contributed by atoms with Crippen molar-refractivity contribution in [2.24, 2.45) is 5.92 Å². The van der Waals surface area contributed by atoms with Crippen LogP contribution in [0.5, 0.6) is 0 Å². The summed E-state index contributed by atoms with van der Waals surface area (Å²) < 4.78 is 0. The maximum absolute atomic E-state index is 11.5. The van der Waals surface area contributed by atoms with Gasteiger partial charge in [0.15, 0.2) is 0 Å². The van der Waals surface area contributed by atoms with E-state index in [9.17, 15) is 4.79 Å². The van der Waals surface area contributed by atoms with Gasteiger partial charge in [-0.2, -0.15) is 0 Å². The van der Waals surface area contributed by atoms with Gasteiger partial charge in [-0.3, -0.25) is 4.79 Å². The summed E-state index contributed by atoms with van der Waals surface area (Å²) in [6.45, 7) is 0.576. The number of benzene rings is 1. The molecule has 80 valence electrons. The highest BCUT2D eigenvalue weighted by atomic mass is 16.3. The predicted octanol–water partition coefficient (Wildman–Crippen LogP) is 1.07. The van der Waals surface area contributed by atoms with Gasteiger partial charge in [0, 0.05) is 12.5 Å². The maximum Gasteiger partial charge on any atom is 0.223 e. The van der Waals surface area contributed by atoms with Crippen LogP contribution in [0.4, 0.5) is 0 Å². The number of aliphatic hydroxyl groups is 1. The Morgan fingerprint density at radius 3 is 2.60 bits per heavy atom. The fourth-order valence-corrected chi connectivity index (χ4v) is 1.73. The smallest absolute Gasteiger partial charge is 0.223 e. The molecule has 0 aliphatic heterocycles. The second-order valence-electron chi connectivity index (χ2n) is 4.03. The molecule has 0 spiro atoms. The molecule has 1 fully saturated rings. The van der Waals surface area contributed by atoms with Gasteiger partial charge in [-0.25, -0.2) is 0 Å². The Balaban J connectivity index is 1.76. The molecule has 1 aromatic rings. The van der Waals surface area contributed by atoms with Crippen LogP contribution in [0, 0.1) is 5.92 Å². The fraction of sp³-hybridized carbons (Fsp3) is 0.417. The molecule has 1 saturated carbocycles. The van der Waals surface area contributed by atoms with E-state index in [0.717, 1.165) is 5.56 Å². The summed E-state index contributed by atoms with van der Waals surface area (Å²) >= 11 is 0. The van der Waals surface area contributed by atoms with Gasteiger partial charge in [-0.1, -0.05) is 30.3 Å². The molecule has 0 radical (unpaired) electrons. The van der Waals surface area contributed by atoms with Crippen LogP contribution in [0.1, 0.15) is 18.4 Å². The first kappa shape index (κ1) is 10.2. The van der Waals surface area contributed by atoms with E-state index in [0.29, 0.717) is 19.4 Å². The molecule has 0 atom stereocenters. The number of rotatable bonds is 3. The summed E-state index contributed by atoms with van der Waals surface area (Å²) in [5.41, 5.74) is 1.10. The van der Waals surface area contributed by atoms with Crippen LogP contribution in [0.25, 0.3) is 0 Å². The first-order chi connectivity index (χ1) is 7.25. The van der Waals surface area contributed by atoms with Gasteiger partial charge in [-0.15, -0.1) is 0 Å². The molecule has 3 heteroatoms. The molecule has 1 aromatic carbocycles. The zero-order chi connectivity index (χ0) is 10.7. The molecule has 0 saturated heterocycles. The summed E-state index contributed by atoms with van der Waals surface area (Å²) in [4.78, 5) is 11.5. The minimum absolute atomic E-state index is 0.0173. The minimum Gasteiger partial charge on any atom is -0.393 e. The van der Waals surface area contributed by atoms with Crippen LogP contribution in [0.2, 0.25) is 0 Å². The number of aliphatic hydroxyl groups excluding tert-OH is 1. The largest absolute Gasteiger partial charge is 0.393 e. The van der Waals surface area contributed by atoms with Gasteiger partial charge in [0.1, 0.15) is 0 Å². The predicted molar refractivity (Wildman–Crippen MR) is 57.0 cm³/mol. The fourth-order valence-electron chi connectivity index (χ4n) is 1.73. The standard InChI is InChI=1S/C12H15NO2/c14-11-6-10(7-11)12(15)13-8-9-4-2-1-3-5-9/h1-5,10-11,14H,6-8H2,(H,13,15)/t10-,11-. The molecule has 0 heterocycles. The number of hydrogen-bond donors (Lipinski definition) is 2. The Labute approximate surface area is 89.1 Å². The molecule has 1 aliphatic rings. The van der Waals surface area contributed by atoms with Gasteiger partial charge < -0.3 is 10.4 Å². The average molecular weight is 205 g/mol. The van der Waals surface area contributed by atoms with Crippen molar-refractivity contribution in [1.82, 2.24) is 5.32 Å². The van der Waals surface area contributed by atoms with E-state index < -0.39 is 0 Å². The van der Waals surface area contributed by atoms with Gasteiger partial charge in [0.25, 0.3) is 0 Å². The molecule has 3 nitrogen and oxygen atoms in total. The zero-order valence-corrected chi connectivity index (χ0v) is 8.52. The van der Waals surface area contributed by atoms with Crippen molar-refractivity contribution in [1.29, 1.82) is 0 Å². The Kier molecular flexibility index (Phi) is 3.02. The molecule has 0 aromatic heterocycles. The van der Waals surface area contributed by atoms with E-state index in [2.05, 4.69) is 5.32 Å². The lowest BCUT2D eigenvalue weighted by molar-refractivity contribution is -0.131. The van der Waals surface area contributed by atoms with E-state index >= 15 is 0 Å². The number of hydrogen-bond acceptors (Lipinski definition) is 2. The third-order valence-electron chi connectivity index (χ3n) is 2.79. The van der Waals surface area contributed by atoms with Crippen LogP contribution in [0.15, 0.2) is 30.3 Å². The Bertz CT molecular complexity index is 331. The average Bonchev–Trinajstić information content (AvgIpc) is 2.23. The molecular formula is C12H15NO2. The summed E-state index contributed by atoms with van der Waals surface area (Å²) in [5, 5.41) is 11.9. The summed E-state index contributed by atoms with van der Waals surface area (Å²) in [6.07, 6.45) is 0.957. The minimum atomic E-state index is -0.266. The molecule has 0 bridgehead atoms. The number of carbonyl (C=O) groups is 1. The van der Waals surface area contributed by atoms with Gasteiger partial charge in [0.05, 0.1) is 6.10 Å². The number of nitrogens with one attached hydrogen (secondary N) is 1. The van der Waals surface area contributed by atoms with Crippen molar-refractivity contribution >= 4 is 5.91 Å². The molecule has 2 N–H and O–H groups in total. The Morgan fingerprint density at radius 1 is 1.33 bits per heavy atom. The lowest BCUT2D eigenvalue weighted by Crippen LogP contribution is -2.40. The molecule has 15 heavy (non-hydrogen) atoms. The lowest BCUT2D eigenvalue weighted by Gasteiger charge is -2.29. The lowest BCUT2D eigenvalue weighted by atomic mass is 9.82. The van der Waals surface area contributed by atoms with Crippen LogP contribution in [-0.4, -0.2) is 17.1 Å². The monoisotopic (exact) mass is 205 g/mol. The van der Waals surface area contributed by atoms with E-state index in [1.807, 2.05) is 30.3 Å². The highest BCUT2D eigenvalue weighted by Crippen LogP contribution is 2.27. The van der Waals surface area contributed by atoms with Crippen molar-refractivity contribution in [2.45, 2.75) is 25.5 Å². The molecule has 1 amide bonds. The molecular weight excluding hydrogens is 190 g/mol. The summed E-state index contributed by atoms with van der Waals surface area (Å²) in [7, 11) is 0. The molecule has 2 rings (SSSR count). The Hall–Kier alpha value is -1.35. The van der Waals surface area contributed by atoms with Gasteiger partial charge in [0.2, 0.25) is 5.91 Å². The third kappa shape index (κ3) is 2.57. The Morgan fingerprint density at radius 2 is 2.00 bits per heavy atom. The summed E-state index contributed by atoms with van der Waals surface area (Å²) in [5.74, 6) is 0.0767. The SMILES string of the molecule is O=C(NCc1ccccc1)[C@H]1C[C@H](O)C1. The van der Waals surface area contributed by atoms with E-state index in [1.54, 1.807) is 0 Å². The van der Waals surface area contributed by atoms with E-state index in [-0.39, 0.29) is 17.9 Å². The maximum atomic E-state index is 11.5. The quantitative estimate of drug-likeness (QED) is 0.775. The van der Waals surface area contributed by atoms with E-state index in [1.165, 1.54) is 0 Å². The van der Waals surface area contributed by atoms with E-state index in [4.69, 9.17) is 5.11 Å². The highest BCUT2D eigenvalue weighted by molar-refractivity contribution is 5.79. The van der Waals surface area contributed by atoms with Crippen LogP contribution in [-0.2, 0) is 11.3 Å². The van der Waals surface area contributed by atoms with Crippen LogP contribution < -0.4 is 5.32 Å². The topological polar surface area (TPSA) is 49.3 Å². The third-order valence-corrected chi connectivity index (χ3v) is 2.79. The first-order valence-corrected chi connectivity index (χ1v) is 5.25. The van der Waals surface area contributed by atoms with Crippen molar-refractivity contribution in [3.8, 4) is 0 Å². The number of amides is 1. The zero-order valence-electron chi connectivity index (χ0n) is 8.52. The van der Waals surface area contributed by atoms with Crippen molar-refractivity contribution < 1.29 is 9.90 Å². The second kappa shape index (κ2) is 4.45. The highest BCUT2D eigenvalue weighted by Gasteiger charge is 2.32. The first-order valence-electron chi connectivity index (χ1n) is 5.25. The second-order valence-corrected chi connectivity index (χ2v) is 4.03. The van der Waals surface area contributed by atoms with Crippen LogP contribution >= 0.6 is 0 Å².